The first-order chi connectivity index (χ1) is 18.5. The van der Waals surface area contributed by atoms with E-state index in [2.05, 4.69) is 18.9 Å². The molecule has 1 aromatic heterocycles. The minimum absolute atomic E-state index is 0.0377. The largest absolute Gasteiger partial charge is 0.480 e. The van der Waals surface area contributed by atoms with E-state index in [0.29, 0.717) is 17.9 Å². The lowest BCUT2D eigenvalue weighted by molar-refractivity contribution is -0.138. The van der Waals surface area contributed by atoms with E-state index in [4.69, 9.17) is 4.74 Å². The van der Waals surface area contributed by atoms with E-state index in [9.17, 15) is 19.5 Å². The molecule has 0 bridgehead atoms. The Morgan fingerprint density at radius 2 is 1.62 bits per heavy atom. The van der Waals surface area contributed by atoms with Gasteiger partial charge in [-0.2, -0.15) is 5.10 Å². The molecule has 0 aliphatic carbocycles. The van der Waals surface area contributed by atoms with Crippen LogP contribution >= 0.6 is 11.8 Å². The second kappa shape index (κ2) is 13.2. The van der Waals surface area contributed by atoms with Crippen molar-refractivity contribution in [2.45, 2.75) is 95.6 Å². The van der Waals surface area contributed by atoms with Gasteiger partial charge >= 0.3 is 17.6 Å². The van der Waals surface area contributed by atoms with Crippen molar-refractivity contribution >= 4 is 23.7 Å². The second-order valence-electron chi connectivity index (χ2n) is 10.4. The lowest BCUT2D eigenvalue weighted by Gasteiger charge is -2.21. The number of hydrogen-bond acceptors (Lipinski definition) is 6. The fraction of sp³-hybridized carbons (Fsp3) is 0.467. The molecule has 9 heteroatoms. The van der Waals surface area contributed by atoms with E-state index < -0.39 is 22.8 Å². The Kier molecular flexibility index (Phi) is 10.2. The maximum absolute atomic E-state index is 13.6. The van der Waals surface area contributed by atoms with Crippen molar-refractivity contribution in [3.8, 4) is 0 Å². The van der Waals surface area contributed by atoms with Gasteiger partial charge in [0.15, 0.2) is 11.9 Å². The molecule has 0 amide bonds. The van der Waals surface area contributed by atoms with Crippen molar-refractivity contribution < 1.29 is 19.4 Å². The summed E-state index contributed by atoms with van der Waals surface area (Å²) in [6, 6.07) is 14.6. The number of benzene rings is 2. The van der Waals surface area contributed by atoms with Crippen molar-refractivity contribution in [3.05, 3.63) is 81.5 Å². The molecule has 1 heterocycles. The molecule has 0 fully saturated rings. The number of carbonyl (C=O) groups is 2. The van der Waals surface area contributed by atoms with Gasteiger partial charge in [0.25, 0.3) is 0 Å². The number of hydrogen-bond donors (Lipinski definition) is 1. The topological polar surface area (TPSA) is 103 Å². The molecule has 1 N–H and O–H groups in total. The molecule has 3 rings (SSSR count). The molecule has 1 atom stereocenters. The van der Waals surface area contributed by atoms with Gasteiger partial charge in [0.2, 0.25) is 0 Å². The Labute approximate surface area is 234 Å². The predicted octanol–water partition coefficient (Wildman–Crippen LogP) is 6.42. The zero-order chi connectivity index (χ0) is 28.7. The van der Waals surface area contributed by atoms with E-state index in [1.54, 1.807) is 49.6 Å². The van der Waals surface area contributed by atoms with Crippen LogP contribution in [0.25, 0.3) is 0 Å². The summed E-state index contributed by atoms with van der Waals surface area (Å²) in [4.78, 5) is 38.8. The Morgan fingerprint density at radius 1 is 1.03 bits per heavy atom. The summed E-state index contributed by atoms with van der Waals surface area (Å²) in [5.41, 5.74) is 2.24. The summed E-state index contributed by atoms with van der Waals surface area (Å²) in [6.07, 6.45) is 2.72. The van der Waals surface area contributed by atoms with Crippen molar-refractivity contribution in [3.63, 3.8) is 0 Å². The highest BCUT2D eigenvalue weighted by Crippen LogP contribution is 2.33. The van der Waals surface area contributed by atoms with Crippen LogP contribution < -0.4 is 5.69 Å². The van der Waals surface area contributed by atoms with Crippen molar-refractivity contribution in [2.75, 3.05) is 0 Å². The average molecular weight is 554 g/mol. The standard InChI is InChI=1S/C30H39N3O5S/c1-7-9-24(10-8-2)33-26(31-32(29(33)37)19-22-13-11-20(3)12-14-22)21(4)38-27(34)23-15-17-25(18-16-23)39-30(5,6)28(35)36/h11-18,21,24H,7-10,19H2,1-6H3,(H,35,36). The van der Waals surface area contributed by atoms with Crippen LogP contribution in [-0.4, -0.2) is 36.1 Å². The van der Waals surface area contributed by atoms with Gasteiger partial charge in [-0.05, 0) is 70.4 Å². The first-order valence-electron chi connectivity index (χ1n) is 13.4. The number of thioether (sulfide) groups is 1. The summed E-state index contributed by atoms with van der Waals surface area (Å²) < 4.78 is 7.98. The summed E-state index contributed by atoms with van der Waals surface area (Å²) >= 11 is 1.20. The molecule has 210 valence electrons. The molecule has 0 saturated carbocycles. The fourth-order valence-electron chi connectivity index (χ4n) is 4.37. The van der Waals surface area contributed by atoms with Crippen LogP contribution in [-0.2, 0) is 16.1 Å². The van der Waals surface area contributed by atoms with E-state index in [0.717, 1.165) is 41.7 Å². The van der Waals surface area contributed by atoms with Crippen LogP contribution in [0.4, 0.5) is 0 Å². The fourth-order valence-corrected chi connectivity index (χ4v) is 5.32. The van der Waals surface area contributed by atoms with E-state index in [1.165, 1.54) is 16.4 Å². The number of rotatable bonds is 13. The van der Waals surface area contributed by atoms with E-state index in [1.807, 2.05) is 31.2 Å². The number of aryl methyl sites for hydroxylation is 1. The van der Waals surface area contributed by atoms with Crippen LogP contribution in [0.2, 0.25) is 0 Å². The molecule has 3 aromatic rings. The zero-order valence-corrected chi connectivity index (χ0v) is 24.5. The molecule has 0 saturated heterocycles. The third-order valence-corrected chi connectivity index (χ3v) is 7.78. The molecule has 1 unspecified atom stereocenters. The quantitative estimate of drug-likeness (QED) is 0.192. The van der Waals surface area contributed by atoms with Gasteiger partial charge in [0.1, 0.15) is 4.75 Å². The van der Waals surface area contributed by atoms with Crippen LogP contribution in [0.15, 0.2) is 58.2 Å². The number of aromatic nitrogens is 3. The minimum atomic E-state index is -0.995. The van der Waals surface area contributed by atoms with Gasteiger partial charge in [-0.3, -0.25) is 9.36 Å². The smallest absolute Gasteiger partial charge is 0.346 e. The second-order valence-corrected chi connectivity index (χ2v) is 12.1. The lowest BCUT2D eigenvalue weighted by atomic mass is 10.1. The number of esters is 1. The number of carboxylic acid groups (broad SMARTS) is 1. The minimum Gasteiger partial charge on any atom is -0.480 e. The van der Waals surface area contributed by atoms with Gasteiger partial charge in [0.05, 0.1) is 12.1 Å². The molecule has 39 heavy (non-hydrogen) atoms. The summed E-state index contributed by atoms with van der Waals surface area (Å²) in [7, 11) is 0. The van der Waals surface area contributed by atoms with Crippen molar-refractivity contribution in [2.24, 2.45) is 0 Å². The SMILES string of the molecule is CCCC(CCC)n1c(C(C)OC(=O)c2ccc(SC(C)(C)C(=O)O)cc2)nn(Cc2ccc(C)cc2)c1=O. The van der Waals surface area contributed by atoms with Gasteiger partial charge in [-0.15, -0.1) is 11.8 Å². The van der Waals surface area contributed by atoms with Gasteiger partial charge < -0.3 is 9.84 Å². The molecule has 0 spiro atoms. The summed E-state index contributed by atoms with van der Waals surface area (Å²) in [5, 5.41) is 14.0. The van der Waals surface area contributed by atoms with Gasteiger partial charge in [-0.1, -0.05) is 56.5 Å². The van der Waals surface area contributed by atoms with Crippen LogP contribution in [0.3, 0.4) is 0 Å². The molecule has 0 aliphatic heterocycles. The summed E-state index contributed by atoms with van der Waals surface area (Å²) in [5.74, 6) is -1.02. The van der Waals surface area contributed by atoms with E-state index >= 15 is 0 Å². The molecule has 8 nitrogen and oxygen atoms in total. The monoisotopic (exact) mass is 553 g/mol. The maximum atomic E-state index is 13.6. The van der Waals surface area contributed by atoms with Crippen molar-refractivity contribution in [1.29, 1.82) is 0 Å². The first kappa shape index (κ1) is 30.2. The Morgan fingerprint density at radius 3 is 2.15 bits per heavy atom. The first-order valence-corrected chi connectivity index (χ1v) is 14.3. The third-order valence-electron chi connectivity index (χ3n) is 6.58. The van der Waals surface area contributed by atoms with Crippen molar-refractivity contribution in [1.82, 2.24) is 14.3 Å². The Bertz CT molecular complexity index is 1320. The molecule has 0 aliphatic rings. The van der Waals surface area contributed by atoms with Crippen LogP contribution in [0, 0.1) is 6.92 Å². The number of ether oxygens (including phenoxy) is 1. The van der Waals surface area contributed by atoms with Crippen LogP contribution in [0.1, 0.15) is 99.8 Å². The number of carboxylic acids is 1. The highest BCUT2D eigenvalue weighted by molar-refractivity contribution is 8.01. The molecule has 0 radical (unpaired) electrons. The predicted molar refractivity (Wildman–Crippen MR) is 153 cm³/mol. The molecule has 2 aromatic carbocycles. The average Bonchev–Trinajstić information content (AvgIpc) is 3.21. The van der Waals surface area contributed by atoms with Crippen LogP contribution in [0.5, 0.6) is 0 Å². The highest BCUT2D eigenvalue weighted by atomic mass is 32.2. The molecular formula is C30H39N3O5S. The van der Waals surface area contributed by atoms with Gasteiger partial charge in [0, 0.05) is 10.9 Å². The highest BCUT2D eigenvalue weighted by Gasteiger charge is 2.29. The Balaban J connectivity index is 1.87. The Hall–Kier alpha value is -3.33. The lowest BCUT2D eigenvalue weighted by Crippen LogP contribution is -2.30. The third kappa shape index (κ3) is 7.62. The number of nitrogens with zero attached hydrogens (tertiary/aromatic N) is 3. The normalized spacial score (nSPS) is 12.5. The number of carbonyl (C=O) groups excluding carboxylic acids is 1. The number of aliphatic carboxylic acids is 1. The summed E-state index contributed by atoms with van der Waals surface area (Å²) in [6.45, 7) is 11.5. The van der Waals surface area contributed by atoms with Gasteiger partial charge in [-0.25, -0.2) is 14.3 Å². The zero-order valence-electron chi connectivity index (χ0n) is 23.6. The maximum Gasteiger partial charge on any atom is 0.346 e. The molecular weight excluding hydrogens is 514 g/mol. The van der Waals surface area contributed by atoms with E-state index in [-0.39, 0.29) is 11.7 Å².